The van der Waals surface area contributed by atoms with Crippen molar-refractivity contribution in [2.24, 2.45) is 0 Å². The molecule has 0 saturated carbocycles. The molecular formula is C12H16O13. The first-order chi connectivity index (χ1) is 11.5. The van der Waals surface area contributed by atoms with Crippen LogP contribution in [0, 0.1) is 0 Å². The summed E-state index contributed by atoms with van der Waals surface area (Å²) in [5.41, 5.74) is 0. The molecule has 0 bridgehead atoms. The Labute approximate surface area is 138 Å². The molecule has 1 heterocycles. The van der Waals surface area contributed by atoms with Crippen LogP contribution in [0.1, 0.15) is 0 Å². The summed E-state index contributed by atoms with van der Waals surface area (Å²) < 4.78 is 8.86. The Balaban J connectivity index is 2.89. The predicted octanol–water partition coefficient (Wildman–Crippen LogP) is -4.89. The maximum Gasteiger partial charge on any atom is 0.378 e. The van der Waals surface area contributed by atoms with Gasteiger partial charge in [0.15, 0.2) is 18.3 Å². The maximum absolute atomic E-state index is 11.7. The van der Waals surface area contributed by atoms with Crippen LogP contribution in [0.25, 0.3) is 0 Å². The van der Waals surface area contributed by atoms with Gasteiger partial charge in [-0.05, 0) is 0 Å². The van der Waals surface area contributed by atoms with Crippen molar-refractivity contribution in [2.45, 2.75) is 36.6 Å². The fourth-order valence-corrected chi connectivity index (χ4v) is 1.74. The summed E-state index contributed by atoms with van der Waals surface area (Å²) in [7, 11) is 0. The largest absolute Gasteiger partial charge is 0.499 e. The van der Waals surface area contributed by atoms with E-state index in [9.17, 15) is 39.9 Å². The van der Waals surface area contributed by atoms with Gasteiger partial charge in [-0.1, -0.05) is 0 Å². The highest BCUT2D eigenvalue weighted by atomic mass is 16.6. The van der Waals surface area contributed by atoms with Gasteiger partial charge in [-0.25, -0.2) is 14.4 Å². The molecule has 0 fully saturated rings. The first kappa shape index (κ1) is 20.8. The molecule has 13 heteroatoms. The van der Waals surface area contributed by atoms with E-state index in [2.05, 4.69) is 9.47 Å². The normalized spacial score (nSPS) is 23.4. The molecule has 0 aromatic rings. The van der Waals surface area contributed by atoms with Crippen molar-refractivity contribution in [3.63, 3.8) is 0 Å². The van der Waals surface area contributed by atoms with Crippen molar-refractivity contribution in [3.8, 4) is 0 Å². The molecule has 25 heavy (non-hydrogen) atoms. The van der Waals surface area contributed by atoms with Crippen molar-refractivity contribution in [3.05, 3.63) is 11.5 Å². The van der Waals surface area contributed by atoms with Crippen LogP contribution in [0.4, 0.5) is 0 Å². The Hall–Kier alpha value is -2.29. The number of carboxylic acids is 1. The first-order valence-electron chi connectivity index (χ1n) is 6.62. The van der Waals surface area contributed by atoms with Gasteiger partial charge in [-0.2, -0.15) is 0 Å². The lowest BCUT2D eigenvalue weighted by Crippen LogP contribution is -2.50. The van der Waals surface area contributed by atoms with Gasteiger partial charge in [-0.15, -0.1) is 0 Å². The number of carbonyl (C=O) groups is 3. The third-order valence-corrected chi connectivity index (χ3v) is 3.16. The standard InChI is InChI=1S/C12H16O13/c13-1-2(14)8-9(7(19)12(23)24-8)25-11(22)6(18)4(16)3(15)5(17)10(20)21/h2-6,8,13-19H,1H2,(H,20,21)/t2-,3-,4-,5-,6+,8+/m0/s1. The molecule has 13 nitrogen and oxygen atoms in total. The highest BCUT2D eigenvalue weighted by molar-refractivity contribution is 5.90. The molecule has 0 amide bonds. The number of cyclic esters (lactones) is 1. The zero-order chi connectivity index (χ0) is 19.5. The van der Waals surface area contributed by atoms with Gasteiger partial charge in [0, 0.05) is 0 Å². The van der Waals surface area contributed by atoms with Crippen molar-refractivity contribution >= 4 is 17.9 Å². The van der Waals surface area contributed by atoms with Crippen LogP contribution < -0.4 is 0 Å². The third kappa shape index (κ3) is 4.41. The van der Waals surface area contributed by atoms with E-state index in [1.807, 2.05) is 0 Å². The number of rotatable bonds is 8. The summed E-state index contributed by atoms with van der Waals surface area (Å²) in [5, 5.41) is 73.6. The smallest absolute Gasteiger partial charge is 0.378 e. The average molecular weight is 368 g/mol. The summed E-state index contributed by atoms with van der Waals surface area (Å²) in [6.07, 6.45) is -13.7. The van der Waals surface area contributed by atoms with Gasteiger partial charge >= 0.3 is 17.9 Å². The molecular weight excluding hydrogens is 352 g/mol. The van der Waals surface area contributed by atoms with E-state index in [4.69, 9.17) is 15.3 Å². The minimum Gasteiger partial charge on any atom is -0.499 e. The van der Waals surface area contributed by atoms with Crippen molar-refractivity contribution in [1.29, 1.82) is 0 Å². The number of esters is 2. The van der Waals surface area contributed by atoms with Crippen molar-refractivity contribution in [2.75, 3.05) is 6.61 Å². The van der Waals surface area contributed by atoms with Gasteiger partial charge < -0.3 is 50.3 Å². The van der Waals surface area contributed by atoms with Crippen molar-refractivity contribution < 1.29 is 64.7 Å². The highest BCUT2D eigenvalue weighted by Gasteiger charge is 2.44. The molecule has 142 valence electrons. The van der Waals surface area contributed by atoms with E-state index >= 15 is 0 Å². The highest BCUT2D eigenvalue weighted by Crippen LogP contribution is 2.25. The van der Waals surface area contributed by atoms with Crippen LogP contribution in [0.5, 0.6) is 0 Å². The molecule has 1 aliphatic rings. The minimum absolute atomic E-state index is 0.957. The molecule has 0 spiro atoms. The summed E-state index contributed by atoms with van der Waals surface area (Å²) in [6, 6.07) is 0. The van der Waals surface area contributed by atoms with E-state index in [0.29, 0.717) is 0 Å². The molecule has 8 N–H and O–H groups in total. The van der Waals surface area contributed by atoms with Crippen LogP contribution in [0.2, 0.25) is 0 Å². The SMILES string of the molecule is O=C1O[C@H]([C@@H](O)CO)C(OC(=O)[C@H](O)[C@@H](O)[C@H](O)[C@H](O)C(=O)O)=C1O. The van der Waals surface area contributed by atoms with Gasteiger partial charge in [0.1, 0.15) is 18.3 Å². The first-order valence-corrected chi connectivity index (χ1v) is 6.62. The number of ether oxygens (including phenoxy) is 2. The number of carboxylic acid groups (broad SMARTS) is 1. The Bertz CT molecular complexity index is 569. The number of aliphatic carboxylic acids is 1. The lowest BCUT2D eigenvalue weighted by molar-refractivity contribution is -0.175. The quantitative estimate of drug-likeness (QED) is 0.188. The second kappa shape index (κ2) is 8.19. The monoisotopic (exact) mass is 368 g/mol. The number of hydrogen-bond donors (Lipinski definition) is 8. The van der Waals surface area contributed by atoms with Crippen LogP contribution in [-0.2, 0) is 23.9 Å². The molecule has 0 aliphatic carbocycles. The summed E-state index contributed by atoms with van der Waals surface area (Å²) in [6.45, 7) is -0.957. The van der Waals surface area contributed by atoms with E-state index in [1.165, 1.54) is 0 Å². The van der Waals surface area contributed by atoms with Gasteiger partial charge in [0.25, 0.3) is 0 Å². The predicted molar refractivity (Wildman–Crippen MR) is 70.4 cm³/mol. The number of aliphatic hydroxyl groups excluding tert-OH is 7. The Morgan fingerprint density at radius 3 is 2.08 bits per heavy atom. The van der Waals surface area contributed by atoms with Crippen molar-refractivity contribution in [1.82, 2.24) is 0 Å². The molecule has 0 aromatic heterocycles. The third-order valence-electron chi connectivity index (χ3n) is 3.16. The Morgan fingerprint density at radius 2 is 1.60 bits per heavy atom. The Morgan fingerprint density at radius 1 is 1.08 bits per heavy atom. The molecule has 0 aromatic carbocycles. The molecule has 0 unspecified atom stereocenters. The Kier molecular flexibility index (Phi) is 6.80. The fraction of sp³-hybridized carbons (Fsp3) is 0.583. The average Bonchev–Trinajstić information content (AvgIpc) is 2.86. The summed E-state index contributed by atoms with van der Waals surface area (Å²) in [5.74, 6) is -7.36. The van der Waals surface area contributed by atoms with E-state index in [1.54, 1.807) is 0 Å². The molecule has 1 aliphatic heterocycles. The fourth-order valence-electron chi connectivity index (χ4n) is 1.74. The maximum atomic E-state index is 11.7. The van der Waals surface area contributed by atoms with Gasteiger partial charge in [0.05, 0.1) is 6.61 Å². The summed E-state index contributed by atoms with van der Waals surface area (Å²) >= 11 is 0. The minimum atomic E-state index is -2.60. The van der Waals surface area contributed by atoms with Crippen LogP contribution >= 0.6 is 0 Å². The zero-order valence-electron chi connectivity index (χ0n) is 12.3. The number of hydrogen-bond acceptors (Lipinski definition) is 12. The molecule has 1 rings (SSSR count). The lowest BCUT2D eigenvalue weighted by atomic mass is 10.0. The van der Waals surface area contributed by atoms with Gasteiger partial charge in [-0.3, -0.25) is 0 Å². The van der Waals surface area contributed by atoms with E-state index < -0.39 is 72.7 Å². The topological polar surface area (TPSA) is 232 Å². The summed E-state index contributed by atoms with van der Waals surface area (Å²) in [4.78, 5) is 33.4. The molecule has 0 saturated heterocycles. The number of aliphatic hydroxyl groups is 7. The van der Waals surface area contributed by atoms with Crippen LogP contribution in [0.3, 0.4) is 0 Å². The number of carbonyl (C=O) groups excluding carboxylic acids is 2. The lowest BCUT2D eigenvalue weighted by Gasteiger charge is -2.24. The second-order valence-electron chi connectivity index (χ2n) is 4.92. The zero-order valence-corrected chi connectivity index (χ0v) is 12.3. The van der Waals surface area contributed by atoms with Gasteiger partial charge in [0.2, 0.25) is 11.5 Å². The van der Waals surface area contributed by atoms with E-state index in [0.717, 1.165) is 0 Å². The van der Waals surface area contributed by atoms with Crippen LogP contribution in [-0.4, -0.2) is 102 Å². The second-order valence-corrected chi connectivity index (χ2v) is 4.92. The van der Waals surface area contributed by atoms with E-state index in [-0.39, 0.29) is 0 Å². The molecule has 0 radical (unpaired) electrons. The van der Waals surface area contributed by atoms with Crippen LogP contribution in [0.15, 0.2) is 11.5 Å². The molecule has 6 atom stereocenters.